The number of rotatable bonds is 2. The standard InChI is InChI=1S/C16H22N2O2/c1-20-16(19)12-7-13(18-15(12)17)14-10-3-8-2-9(5-10)6-11(14)4-8/h7-11,14,18H,2-6,17H2,1H3. The molecule has 0 aromatic carbocycles. The van der Waals surface area contributed by atoms with E-state index in [0.717, 1.165) is 29.4 Å². The topological polar surface area (TPSA) is 68.1 Å². The molecule has 1 aromatic rings. The molecule has 0 saturated heterocycles. The lowest BCUT2D eigenvalue weighted by molar-refractivity contribution is -0.00398. The predicted octanol–water partition coefficient (Wildman–Crippen LogP) is 2.92. The highest BCUT2D eigenvalue weighted by Crippen LogP contribution is 2.59. The van der Waals surface area contributed by atoms with Crippen molar-refractivity contribution >= 4 is 11.8 Å². The average molecular weight is 274 g/mol. The molecule has 3 N–H and O–H groups in total. The Labute approximate surface area is 119 Å². The Balaban J connectivity index is 1.66. The Kier molecular flexibility index (Phi) is 2.63. The van der Waals surface area contributed by atoms with Crippen molar-refractivity contribution in [3.8, 4) is 0 Å². The smallest absolute Gasteiger partial charge is 0.341 e. The Morgan fingerprint density at radius 1 is 1.20 bits per heavy atom. The normalized spacial score (nSPS) is 38.1. The van der Waals surface area contributed by atoms with Gasteiger partial charge in [-0.3, -0.25) is 0 Å². The van der Waals surface area contributed by atoms with E-state index in [-0.39, 0.29) is 5.97 Å². The number of carbonyl (C=O) groups excluding carboxylic acids is 1. The van der Waals surface area contributed by atoms with Crippen molar-refractivity contribution in [3.05, 3.63) is 17.3 Å². The summed E-state index contributed by atoms with van der Waals surface area (Å²) in [5.41, 5.74) is 7.61. The highest BCUT2D eigenvalue weighted by Gasteiger charge is 2.49. The third kappa shape index (κ3) is 1.70. The summed E-state index contributed by atoms with van der Waals surface area (Å²) in [6.07, 6.45) is 6.92. The molecular formula is C16H22N2O2. The fourth-order valence-electron chi connectivity index (χ4n) is 5.38. The van der Waals surface area contributed by atoms with Gasteiger partial charge in [0.1, 0.15) is 11.4 Å². The number of aromatic amines is 1. The predicted molar refractivity (Wildman–Crippen MR) is 76.3 cm³/mol. The molecule has 0 amide bonds. The molecule has 4 fully saturated rings. The van der Waals surface area contributed by atoms with Gasteiger partial charge in [0.05, 0.1) is 7.11 Å². The number of nitrogen functional groups attached to an aromatic ring is 1. The molecule has 5 rings (SSSR count). The Bertz CT molecular complexity index is 521. The largest absolute Gasteiger partial charge is 0.465 e. The van der Waals surface area contributed by atoms with Crippen LogP contribution in [0.25, 0.3) is 0 Å². The maximum absolute atomic E-state index is 11.7. The van der Waals surface area contributed by atoms with E-state index in [9.17, 15) is 4.79 Å². The molecule has 1 aromatic heterocycles. The lowest BCUT2D eigenvalue weighted by Crippen LogP contribution is -2.43. The minimum absolute atomic E-state index is 0.339. The van der Waals surface area contributed by atoms with E-state index in [1.54, 1.807) is 0 Å². The minimum Gasteiger partial charge on any atom is -0.465 e. The summed E-state index contributed by atoms with van der Waals surface area (Å²) in [7, 11) is 1.40. The second kappa shape index (κ2) is 4.27. The molecule has 1 heterocycles. The van der Waals surface area contributed by atoms with Crippen LogP contribution in [-0.2, 0) is 4.74 Å². The highest BCUT2D eigenvalue weighted by atomic mass is 16.5. The van der Waals surface area contributed by atoms with Gasteiger partial charge in [-0.2, -0.15) is 0 Å². The first-order chi connectivity index (χ1) is 9.65. The summed E-state index contributed by atoms with van der Waals surface area (Å²) in [5.74, 6) is 4.19. The zero-order valence-electron chi connectivity index (χ0n) is 11.9. The number of H-pyrrole nitrogens is 1. The molecule has 0 radical (unpaired) electrons. The van der Waals surface area contributed by atoms with Crippen LogP contribution in [-0.4, -0.2) is 18.1 Å². The van der Waals surface area contributed by atoms with E-state index in [2.05, 4.69) is 4.98 Å². The second-order valence-corrected chi connectivity index (χ2v) is 7.00. The van der Waals surface area contributed by atoms with Crippen LogP contribution in [0.3, 0.4) is 0 Å². The molecule has 108 valence electrons. The summed E-state index contributed by atoms with van der Waals surface area (Å²) in [5, 5.41) is 0. The summed E-state index contributed by atoms with van der Waals surface area (Å²) in [6.45, 7) is 0. The van der Waals surface area contributed by atoms with E-state index in [0.29, 0.717) is 17.3 Å². The average Bonchev–Trinajstić information content (AvgIpc) is 2.78. The Morgan fingerprint density at radius 3 is 2.35 bits per heavy atom. The van der Waals surface area contributed by atoms with E-state index in [4.69, 9.17) is 10.5 Å². The number of hydrogen-bond donors (Lipinski definition) is 2. The number of nitrogens with two attached hydrogens (primary N) is 1. The van der Waals surface area contributed by atoms with Gasteiger partial charge in [0, 0.05) is 11.6 Å². The first-order valence-electron chi connectivity index (χ1n) is 7.72. The summed E-state index contributed by atoms with van der Waals surface area (Å²) < 4.78 is 4.80. The lowest BCUT2D eigenvalue weighted by atomic mass is 9.51. The van der Waals surface area contributed by atoms with Gasteiger partial charge in [0.2, 0.25) is 0 Å². The van der Waals surface area contributed by atoms with Gasteiger partial charge in [-0.05, 0) is 61.8 Å². The monoisotopic (exact) mass is 274 g/mol. The molecule has 4 aliphatic carbocycles. The van der Waals surface area contributed by atoms with Gasteiger partial charge < -0.3 is 15.5 Å². The SMILES string of the molecule is COC(=O)c1cc(C2C3CC4CC(C3)CC2C4)[nH]c1N. The summed E-state index contributed by atoms with van der Waals surface area (Å²) in [4.78, 5) is 15.0. The molecule has 4 saturated carbocycles. The number of hydrogen-bond acceptors (Lipinski definition) is 3. The van der Waals surface area contributed by atoms with E-state index in [1.165, 1.54) is 39.2 Å². The van der Waals surface area contributed by atoms with Crippen LogP contribution in [0.2, 0.25) is 0 Å². The first-order valence-corrected chi connectivity index (χ1v) is 7.72. The minimum atomic E-state index is -0.339. The molecular weight excluding hydrogens is 252 g/mol. The third-order valence-electron chi connectivity index (χ3n) is 5.86. The van der Waals surface area contributed by atoms with Gasteiger partial charge in [0.25, 0.3) is 0 Å². The van der Waals surface area contributed by atoms with E-state index < -0.39 is 0 Å². The number of nitrogens with one attached hydrogen (secondary N) is 1. The van der Waals surface area contributed by atoms with E-state index in [1.807, 2.05) is 6.07 Å². The van der Waals surface area contributed by atoms with Crippen molar-refractivity contribution in [2.45, 2.75) is 38.0 Å². The quantitative estimate of drug-likeness (QED) is 0.815. The Morgan fingerprint density at radius 2 is 1.80 bits per heavy atom. The summed E-state index contributed by atoms with van der Waals surface area (Å²) >= 11 is 0. The van der Waals surface area contributed by atoms with Gasteiger partial charge in [-0.25, -0.2) is 4.79 Å². The lowest BCUT2D eigenvalue weighted by Gasteiger charge is -2.54. The highest BCUT2D eigenvalue weighted by molar-refractivity contribution is 5.94. The number of aromatic nitrogens is 1. The molecule has 4 aliphatic rings. The maximum atomic E-state index is 11.7. The summed E-state index contributed by atoms with van der Waals surface area (Å²) in [6, 6.07) is 1.94. The fraction of sp³-hybridized carbons (Fsp3) is 0.688. The molecule has 0 atom stereocenters. The molecule has 0 aliphatic heterocycles. The van der Waals surface area contributed by atoms with Crippen molar-refractivity contribution < 1.29 is 9.53 Å². The number of esters is 1. The third-order valence-corrected chi connectivity index (χ3v) is 5.86. The van der Waals surface area contributed by atoms with Crippen LogP contribution >= 0.6 is 0 Å². The van der Waals surface area contributed by atoms with Crippen LogP contribution in [0.4, 0.5) is 5.82 Å². The maximum Gasteiger partial charge on any atom is 0.341 e. The van der Waals surface area contributed by atoms with Crippen molar-refractivity contribution in [3.63, 3.8) is 0 Å². The van der Waals surface area contributed by atoms with Crippen molar-refractivity contribution in [1.29, 1.82) is 0 Å². The Hall–Kier alpha value is -1.45. The van der Waals surface area contributed by atoms with Crippen molar-refractivity contribution in [1.82, 2.24) is 4.98 Å². The number of anilines is 1. The zero-order valence-corrected chi connectivity index (χ0v) is 11.9. The molecule has 0 unspecified atom stereocenters. The van der Waals surface area contributed by atoms with Crippen LogP contribution in [0.5, 0.6) is 0 Å². The molecule has 4 bridgehead atoms. The fourth-order valence-corrected chi connectivity index (χ4v) is 5.38. The van der Waals surface area contributed by atoms with Crippen LogP contribution in [0, 0.1) is 23.7 Å². The van der Waals surface area contributed by atoms with Crippen LogP contribution in [0.1, 0.15) is 54.1 Å². The van der Waals surface area contributed by atoms with Crippen LogP contribution in [0.15, 0.2) is 6.07 Å². The molecule has 4 heteroatoms. The number of ether oxygens (including phenoxy) is 1. The molecule has 20 heavy (non-hydrogen) atoms. The molecule has 4 nitrogen and oxygen atoms in total. The second-order valence-electron chi connectivity index (χ2n) is 7.00. The van der Waals surface area contributed by atoms with Gasteiger partial charge >= 0.3 is 5.97 Å². The molecule has 0 spiro atoms. The van der Waals surface area contributed by atoms with Gasteiger partial charge in [-0.1, -0.05) is 0 Å². The number of methoxy groups -OCH3 is 1. The van der Waals surface area contributed by atoms with Gasteiger partial charge in [0.15, 0.2) is 0 Å². The zero-order chi connectivity index (χ0) is 13.9. The number of carbonyl (C=O) groups is 1. The van der Waals surface area contributed by atoms with Crippen molar-refractivity contribution in [2.75, 3.05) is 12.8 Å². The van der Waals surface area contributed by atoms with Crippen LogP contribution < -0.4 is 5.73 Å². The van der Waals surface area contributed by atoms with Gasteiger partial charge in [-0.15, -0.1) is 0 Å². The van der Waals surface area contributed by atoms with E-state index >= 15 is 0 Å². The van der Waals surface area contributed by atoms with Crippen molar-refractivity contribution in [2.24, 2.45) is 23.7 Å². The first kappa shape index (κ1) is 12.3.